The third-order valence-corrected chi connectivity index (χ3v) is 9.67. The molecule has 0 spiro atoms. The van der Waals surface area contributed by atoms with Crippen molar-refractivity contribution >= 4 is 33.1 Å². The number of carbonyl (C=O) groups excluding carboxylic acids is 2. The highest BCUT2D eigenvalue weighted by Gasteiger charge is 2.28. The highest BCUT2D eigenvalue weighted by atomic mass is 32.2. The zero-order chi connectivity index (χ0) is 23.0. The second kappa shape index (κ2) is 9.25. The number of thiazole rings is 1. The van der Waals surface area contributed by atoms with Gasteiger partial charge in [-0.05, 0) is 49.9 Å². The van der Waals surface area contributed by atoms with Crippen molar-refractivity contribution in [3.05, 3.63) is 45.4 Å². The van der Waals surface area contributed by atoms with E-state index in [2.05, 4.69) is 9.88 Å². The zero-order valence-corrected chi connectivity index (χ0v) is 20.2. The lowest BCUT2D eigenvalue weighted by Crippen LogP contribution is -2.48. The molecular weight excluding hydrogens is 460 g/mol. The molecule has 0 bridgehead atoms. The molecule has 33 heavy (non-hydrogen) atoms. The van der Waals surface area contributed by atoms with Gasteiger partial charge >= 0.3 is 0 Å². The highest BCUT2D eigenvalue weighted by molar-refractivity contribution is 7.89. The molecular formula is C23H28N4O4S2. The maximum absolute atomic E-state index is 13.0. The van der Waals surface area contributed by atoms with Crippen LogP contribution < -0.4 is 0 Å². The summed E-state index contributed by atoms with van der Waals surface area (Å²) in [6.07, 6.45) is 4.19. The fraction of sp³-hybridized carbons (Fsp3) is 0.522. The molecule has 3 aliphatic rings. The maximum atomic E-state index is 13.0. The van der Waals surface area contributed by atoms with Gasteiger partial charge in [0.15, 0.2) is 5.78 Å². The van der Waals surface area contributed by atoms with Gasteiger partial charge in [-0.1, -0.05) is 0 Å². The van der Waals surface area contributed by atoms with E-state index in [1.807, 2.05) is 4.90 Å². The van der Waals surface area contributed by atoms with Gasteiger partial charge in [0.2, 0.25) is 10.0 Å². The first kappa shape index (κ1) is 22.6. The minimum absolute atomic E-state index is 0.0740. The minimum Gasteiger partial charge on any atom is -0.336 e. The average Bonchev–Trinajstić information content (AvgIpc) is 3.50. The summed E-state index contributed by atoms with van der Waals surface area (Å²) in [4.78, 5) is 34.9. The molecule has 2 saturated heterocycles. The van der Waals surface area contributed by atoms with Crippen LogP contribution in [0.3, 0.4) is 0 Å². The SMILES string of the molecule is O=C1CCCc2nc(CN3CCN(C(=O)c4ccc(S(=O)(=O)N5CCCC5)cc4)CC3)sc21. The lowest BCUT2D eigenvalue weighted by atomic mass is 10.0. The molecule has 176 valence electrons. The van der Waals surface area contributed by atoms with Gasteiger partial charge in [-0.25, -0.2) is 13.4 Å². The summed E-state index contributed by atoms with van der Waals surface area (Å²) >= 11 is 1.52. The van der Waals surface area contributed by atoms with E-state index >= 15 is 0 Å². The molecule has 0 saturated carbocycles. The summed E-state index contributed by atoms with van der Waals surface area (Å²) in [5.74, 6) is 0.143. The number of ketones is 1. The molecule has 5 rings (SSSR count). The number of benzene rings is 1. The number of hydrogen-bond donors (Lipinski definition) is 0. The van der Waals surface area contributed by atoms with E-state index in [1.54, 1.807) is 24.3 Å². The van der Waals surface area contributed by atoms with Gasteiger partial charge in [0.25, 0.3) is 5.91 Å². The Balaban J connectivity index is 1.17. The number of hydrogen-bond acceptors (Lipinski definition) is 7. The topological polar surface area (TPSA) is 90.9 Å². The molecule has 1 aliphatic carbocycles. The molecule has 8 nitrogen and oxygen atoms in total. The number of sulfonamides is 1. The fourth-order valence-electron chi connectivity index (χ4n) is 4.72. The molecule has 0 atom stereocenters. The number of nitrogens with zero attached hydrogens (tertiary/aromatic N) is 4. The molecule has 0 radical (unpaired) electrons. The van der Waals surface area contributed by atoms with Gasteiger partial charge in [0.05, 0.1) is 22.0 Å². The second-order valence-corrected chi connectivity index (χ2v) is 11.9. The van der Waals surface area contributed by atoms with Crippen molar-refractivity contribution in [3.63, 3.8) is 0 Å². The number of piperazine rings is 1. The molecule has 2 aromatic rings. The van der Waals surface area contributed by atoms with E-state index in [9.17, 15) is 18.0 Å². The highest BCUT2D eigenvalue weighted by Crippen LogP contribution is 2.28. The Morgan fingerprint density at radius 1 is 0.939 bits per heavy atom. The van der Waals surface area contributed by atoms with Crippen LogP contribution in [0.4, 0.5) is 0 Å². The molecule has 0 unspecified atom stereocenters. The van der Waals surface area contributed by atoms with Gasteiger partial charge in [-0.3, -0.25) is 14.5 Å². The monoisotopic (exact) mass is 488 g/mol. The van der Waals surface area contributed by atoms with Gasteiger partial charge in [-0.15, -0.1) is 11.3 Å². The lowest BCUT2D eigenvalue weighted by Gasteiger charge is -2.34. The van der Waals surface area contributed by atoms with E-state index in [0.717, 1.165) is 54.4 Å². The fourth-order valence-corrected chi connectivity index (χ4v) is 7.35. The predicted octanol–water partition coefficient (Wildman–Crippen LogP) is 2.40. The van der Waals surface area contributed by atoms with E-state index < -0.39 is 10.0 Å². The standard InChI is InChI=1S/C23H28N4O4S2/c28-20-5-3-4-19-22(20)32-21(24-19)16-25-12-14-26(15-13-25)23(29)17-6-8-18(9-7-17)33(30,31)27-10-1-2-11-27/h6-9H,1-5,10-16H2. The smallest absolute Gasteiger partial charge is 0.253 e. The Bertz CT molecular complexity index is 1150. The van der Waals surface area contributed by atoms with Crippen molar-refractivity contribution in [1.29, 1.82) is 0 Å². The first-order valence-electron chi connectivity index (χ1n) is 11.6. The van der Waals surface area contributed by atoms with Crippen molar-refractivity contribution in [1.82, 2.24) is 19.1 Å². The van der Waals surface area contributed by atoms with Crippen LogP contribution in [0.1, 0.15) is 56.4 Å². The van der Waals surface area contributed by atoms with Crippen molar-refractivity contribution in [2.75, 3.05) is 39.3 Å². The van der Waals surface area contributed by atoms with Crippen LogP contribution in [0.5, 0.6) is 0 Å². The summed E-state index contributed by atoms with van der Waals surface area (Å²) in [7, 11) is -3.47. The second-order valence-electron chi connectivity index (χ2n) is 8.86. The lowest BCUT2D eigenvalue weighted by molar-refractivity contribution is 0.0628. The first-order valence-corrected chi connectivity index (χ1v) is 13.8. The number of aromatic nitrogens is 1. The van der Waals surface area contributed by atoms with Crippen LogP contribution in [0.2, 0.25) is 0 Å². The normalized spacial score (nSPS) is 20.2. The van der Waals surface area contributed by atoms with Gasteiger partial charge in [0.1, 0.15) is 5.01 Å². The molecule has 3 heterocycles. The summed E-state index contributed by atoms with van der Waals surface area (Å²) in [6.45, 7) is 4.53. The first-order chi connectivity index (χ1) is 15.9. The Hall–Kier alpha value is -2.14. The largest absolute Gasteiger partial charge is 0.336 e. The quantitative estimate of drug-likeness (QED) is 0.642. The Morgan fingerprint density at radius 2 is 1.64 bits per heavy atom. The zero-order valence-electron chi connectivity index (χ0n) is 18.5. The molecule has 2 fully saturated rings. The third-order valence-electron chi connectivity index (χ3n) is 6.63. The van der Waals surface area contributed by atoms with Crippen molar-refractivity contribution in [2.45, 2.75) is 43.5 Å². The van der Waals surface area contributed by atoms with E-state index in [-0.39, 0.29) is 16.6 Å². The molecule has 1 amide bonds. The maximum Gasteiger partial charge on any atom is 0.253 e. The van der Waals surface area contributed by atoms with Crippen LogP contribution >= 0.6 is 11.3 Å². The van der Waals surface area contributed by atoms with Crippen LogP contribution in [0.15, 0.2) is 29.2 Å². The van der Waals surface area contributed by atoms with Crippen LogP contribution in [-0.4, -0.2) is 78.5 Å². The number of rotatable bonds is 5. The third kappa shape index (κ3) is 4.62. The van der Waals surface area contributed by atoms with Gasteiger partial charge < -0.3 is 4.90 Å². The molecule has 1 aromatic heterocycles. The Kier molecular flexibility index (Phi) is 6.34. The van der Waals surface area contributed by atoms with Crippen molar-refractivity contribution in [2.24, 2.45) is 0 Å². The van der Waals surface area contributed by atoms with E-state index in [1.165, 1.54) is 15.6 Å². The summed E-state index contributed by atoms with van der Waals surface area (Å²) < 4.78 is 26.9. The van der Waals surface area contributed by atoms with Gasteiger partial charge in [0, 0.05) is 51.3 Å². The van der Waals surface area contributed by atoms with Crippen LogP contribution in [0, 0.1) is 0 Å². The number of aryl methyl sites for hydroxylation is 1. The predicted molar refractivity (Wildman–Crippen MR) is 125 cm³/mol. The van der Waals surface area contributed by atoms with Crippen LogP contribution in [-0.2, 0) is 23.0 Å². The Morgan fingerprint density at radius 3 is 2.30 bits per heavy atom. The number of carbonyl (C=O) groups is 2. The number of fused-ring (bicyclic) bond motifs is 1. The average molecular weight is 489 g/mol. The van der Waals surface area contributed by atoms with Crippen LogP contribution in [0.25, 0.3) is 0 Å². The minimum atomic E-state index is -3.47. The Labute approximate surface area is 198 Å². The molecule has 1 aromatic carbocycles. The number of amides is 1. The summed E-state index contributed by atoms with van der Waals surface area (Å²) in [5.41, 5.74) is 1.46. The molecule has 0 N–H and O–H groups in total. The van der Waals surface area contributed by atoms with E-state index in [4.69, 9.17) is 0 Å². The van der Waals surface area contributed by atoms with Gasteiger partial charge in [-0.2, -0.15) is 4.31 Å². The summed E-state index contributed by atoms with van der Waals surface area (Å²) in [6, 6.07) is 6.33. The summed E-state index contributed by atoms with van der Waals surface area (Å²) in [5, 5.41) is 0.977. The van der Waals surface area contributed by atoms with Crippen molar-refractivity contribution in [3.8, 4) is 0 Å². The number of Topliss-reactive ketones (excluding diaryl/α,β-unsaturated/α-hetero) is 1. The molecule has 2 aliphatic heterocycles. The van der Waals surface area contributed by atoms with E-state index in [0.29, 0.717) is 44.7 Å². The molecule has 10 heteroatoms. The van der Waals surface area contributed by atoms with Crippen molar-refractivity contribution < 1.29 is 18.0 Å².